The van der Waals surface area contributed by atoms with Gasteiger partial charge in [0.25, 0.3) is 0 Å². The molecule has 24 heavy (non-hydrogen) atoms. The molecule has 0 aromatic heterocycles. The number of hydrogen-bond donors (Lipinski definition) is 1. The molecule has 0 spiro atoms. The highest BCUT2D eigenvalue weighted by molar-refractivity contribution is 7.90. The summed E-state index contributed by atoms with van der Waals surface area (Å²) in [5.74, 6) is -3.97. The summed E-state index contributed by atoms with van der Waals surface area (Å²) in [6.07, 6.45) is -6.39. The van der Waals surface area contributed by atoms with E-state index >= 15 is 0 Å². The molecule has 0 saturated heterocycles. The number of sulfone groups is 1. The summed E-state index contributed by atoms with van der Waals surface area (Å²) in [5.41, 5.74) is -0.584. The molecule has 1 atom stereocenters. The number of aliphatic hydroxyl groups excluding tert-OH is 1. The van der Waals surface area contributed by atoms with Crippen LogP contribution in [0.15, 0.2) is 17.0 Å². The Morgan fingerprint density at radius 1 is 1.29 bits per heavy atom. The van der Waals surface area contributed by atoms with E-state index < -0.39 is 50.1 Å². The second-order valence-electron chi connectivity index (χ2n) is 6.08. The van der Waals surface area contributed by atoms with Crippen molar-refractivity contribution >= 4 is 9.84 Å². The maximum Gasteiger partial charge on any atom is 0.429 e. The maximum atomic E-state index is 13.6. The summed E-state index contributed by atoms with van der Waals surface area (Å²) >= 11 is 0. The highest BCUT2D eigenvalue weighted by Crippen LogP contribution is 2.52. The molecule has 1 heterocycles. The van der Waals surface area contributed by atoms with Crippen molar-refractivity contribution in [2.24, 2.45) is 5.92 Å². The van der Waals surface area contributed by atoms with Crippen LogP contribution in [-0.2, 0) is 9.84 Å². The SMILES string of the molecule is CS(=O)(=O)c1ccc(OCC2CC(F)(F)C2)c2c1[C@H](O)C(F)(F)O2. The lowest BCUT2D eigenvalue weighted by Crippen LogP contribution is -2.38. The Hall–Kier alpha value is -1.55. The smallest absolute Gasteiger partial charge is 0.429 e. The number of alkyl halides is 4. The summed E-state index contributed by atoms with van der Waals surface area (Å²) in [6.45, 7) is -0.148. The van der Waals surface area contributed by atoms with E-state index in [-0.39, 0.29) is 25.2 Å². The third-order valence-corrected chi connectivity index (χ3v) is 5.15. The monoisotopic (exact) mass is 370 g/mol. The van der Waals surface area contributed by atoms with Gasteiger partial charge >= 0.3 is 6.11 Å². The van der Waals surface area contributed by atoms with Gasteiger partial charge in [-0.05, 0) is 12.1 Å². The van der Waals surface area contributed by atoms with Gasteiger partial charge in [0, 0.05) is 25.0 Å². The molecular formula is C14H14F4O5S. The Bertz CT molecular complexity index is 770. The first-order chi connectivity index (χ1) is 10.9. The van der Waals surface area contributed by atoms with Gasteiger partial charge in [-0.15, -0.1) is 0 Å². The Kier molecular flexibility index (Phi) is 3.76. The summed E-state index contributed by atoms with van der Waals surface area (Å²) in [6, 6.07) is 2.13. The lowest BCUT2D eigenvalue weighted by molar-refractivity contribution is -0.224. The predicted octanol–water partition coefficient (Wildman–Crippen LogP) is 2.53. The van der Waals surface area contributed by atoms with Crippen LogP contribution in [0.25, 0.3) is 0 Å². The van der Waals surface area contributed by atoms with E-state index in [2.05, 4.69) is 4.74 Å². The van der Waals surface area contributed by atoms with E-state index in [1.807, 2.05) is 0 Å². The topological polar surface area (TPSA) is 72.8 Å². The number of halogens is 4. The second-order valence-corrected chi connectivity index (χ2v) is 8.07. The van der Waals surface area contributed by atoms with Crippen molar-refractivity contribution in [3.05, 3.63) is 17.7 Å². The van der Waals surface area contributed by atoms with Crippen molar-refractivity contribution in [1.29, 1.82) is 0 Å². The summed E-state index contributed by atoms with van der Waals surface area (Å²) < 4.78 is 85.9. The molecule has 1 aromatic carbocycles. The zero-order valence-corrected chi connectivity index (χ0v) is 13.2. The van der Waals surface area contributed by atoms with Crippen molar-refractivity contribution in [2.45, 2.75) is 35.9 Å². The highest BCUT2D eigenvalue weighted by Gasteiger charge is 2.53. The fraction of sp³-hybridized carbons (Fsp3) is 0.571. The van der Waals surface area contributed by atoms with Crippen LogP contribution < -0.4 is 9.47 Å². The zero-order valence-electron chi connectivity index (χ0n) is 12.4. The molecule has 1 saturated carbocycles. The number of hydrogen-bond acceptors (Lipinski definition) is 5. The first-order valence-electron chi connectivity index (χ1n) is 7.03. The summed E-state index contributed by atoms with van der Waals surface area (Å²) in [7, 11) is -3.90. The molecule has 1 N–H and O–H groups in total. The molecule has 0 unspecified atom stereocenters. The van der Waals surface area contributed by atoms with Crippen LogP contribution in [-0.4, -0.2) is 38.4 Å². The largest absolute Gasteiger partial charge is 0.489 e. The molecule has 0 amide bonds. The van der Waals surface area contributed by atoms with Crippen molar-refractivity contribution in [3.63, 3.8) is 0 Å². The quantitative estimate of drug-likeness (QED) is 0.825. The van der Waals surface area contributed by atoms with Gasteiger partial charge < -0.3 is 14.6 Å². The molecule has 1 aliphatic heterocycles. The van der Waals surface area contributed by atoms with E-state index in [0.717, 1.165) is 18.4 Å². The van der Waals surface area contributed by atoms with Crippen molar-refractivity contribution < 1.29 is 40.6 Å². The van der Waals surface area contributed by atoms with E-state index in [9.17, 15) is 31.1 Å². The van der Waals surface area contributed by atoms with Gasteiger partial charge in [0.2, 0.25) is 5.92 Å². The van der Waals surface area contributed by atoms with Crippen LogP contribution in [0.1, 0.15) is 24.5 Å². The van der Waals surface area contributed by atoms with E-state index in [4.69, 9.17) is 4.74 Å². The minimum atomic E-state index is -4.01. The van der Waals surface area contributed by atoms with Crippen LogP contribution in [0.5, 0.6) is 11.5 Å². The lowest BCUT2D eigenvalue weighted by Gasteiger charge is -2.34. The third kappa shape index (κ3) is 2.92. The standard InChI is InChI=1S/C14H14F4O5S/c1-24(20,21)9-3-2-8(22-6-7-4-13(15,16)5-7)11-10(9)12(19)14(17,18)23-11/h2-3,7,12,19H,4-6H2,1H3/t12-/m0/s1. The number of rotatable bonds is 4. The Morgan fingerprint density at radius 2 is 1.92 bits per heavy atom. The van der Waals surface area contributed by atoms with Gasteiger partial charge in [-0.2, -0.15) is 8.78 Å². The van der Waals surface area contributed by atoms with E-state index in [1.54, 1.807) is 0 Å². The van der Waals surface area contributed by atoms with E-state index in [1.165, 1.54) is 0 Å². The minimum Gasteiger partial charge on any atom is -0.489 e. The molecule has 5 nitrogen and oxygen atoms in total. The zero-order chi connectivity index (χ0) is 17.9. The predicted molar refractivity (Wildman–Crippen MR) is 73.3 cm³/mol. The summed E-state index contributed by atoms with van der Waals surface area (Å²) in [5, 5.41) is 9.69. The van der Waals surface area contributed by atoms with Crippen LogP contribution in [0.4, 0.5) is 17.6 Å². The fourth-order valence-corrected chi connectivity index (χ4v) is 3.75. The number of aliphatic hydroxyl groups is 1. The molecule has 2 aliphatic rings. The number of fused-ring (bicyclic) bond motifs is 1. The molecule has 1 fully saturated rings. The number of benzene rings is 1. The van der Waals surface area contributed by atoms with Gasteiger partial charge in [-0.1, -0.05) is 0 Å². The van der Waals surface area contributed by atoms with Crippen LogP contribution in [0.2, 0.25) is 0 Å². The Balaban J connectivity index is 1.90. The van der Waals surface area contributed by atoms with Crippen LogP contribution >= 0.6 is 0 Å². The highest BCUT2D eigenvalue weighted by atomic mass is 32.2. The van der Waals surface area contributed by atoms with Gasteiger partial charge in [-0.3, -0.25) is 0 Å². The van der Waals surface area contributed by atoms with Gasteiger partial charge in [0.15, 0.2) is 27.4 Å². The van der Waals surface area contributed by atoms with Crippen molar-refractivity contribution in [1.82, 2.24) is 0 Å². The molecule has 0 bridgehead atoms. The van der Waals surface area contributed by atoms with Gasteiger partial charge in [0.1, 0.15) is 0 Å². The van der Waals surface area contributed by atoms with Crippen LogP contribution in [0, 0.1) is 5.92 Å². The molecule has 3 rings (SSSR count). The Morgan fingerprint density at radius 3 is 2.46 bits per heavy atom. The minimum absolute atomic E-state index is 0.148. The van der Waals surface area contributed by atoms with Crippen molar-refractivity contribution in [2.75, 3.05) is 12.9 Å². The normalized spacial score (nSPS) is 24.8. The van der Waals surface area contributed by atoms with Gasteiger partial charge in [-0.25, -0.2) is 17.2 Å². The first-order valence-corrected chi connectivity index (χ1v) is 8.92. The molecule has 1 aliphatic carbocycles. The van der Waals surface area contributed by atoms with Crippen LogP contribution in [0.3, 0.4) is 0 Å². The average Bonchev–Trinajstić information content (AvgIpc) is 2.64. The molecular weight excluding hydrogens is 356 g/mol. The Labute approximate surface area is 135 Å². The fourth-order valence-electron chi connectivity index (χ4n) is 2.83. The molecule has 1 aromatic rings. The maximum absolute atomic E-state index is 13.6. The third-order valence-electron chi connectivity index (χ3n) is 4.00. The average molecular weight is 370 g/mol. The van der Waals surface area contributed by atoms with Gasteiger partial charge in [0.05, 0.1) is 17.1 Å². The molecule has 10 heteroatoms. The molecule has 0 radical (unpaired) electrons. The molecule has 134 valence electrons. The van der Waals surface area contributed by atoms with E-state index in [0.29, 0.717) is 0 Å². The number of ether oxygens (including phenoxy) is 2. The van der Waals surface area contributed by atoms with Crippen molar-refractivity contribution in [3.8, 4) is 11.5 Å². The summed E-state index contributed by atoms with van der Waals surface area (Å²) in [4.78, 5) is -0.496. The lowest BCUT2D eigenvalue weighted by atomic mass is 9.82. The first kappa shape index (κ1) is 17.3. The second kappa shape index (κ2) is 5.22.